The number of alkyl halides is 3. The number of pyridine rings is 1. The van der Waals surface area contributed by atoms with Crippen LogP contribution < -0.4 is 5.32 Å². The Hall–Kier alpha value is -4.62. The smallest absolute Gasteiger partial charge is 0.348 e. The molecule has 0 saturated heterocycles. The third kappa shape index (κ3) is 7.86. The molecule has 15 heteroatoms. The summed E-state index contributed by atoms with van der Waals surface area (Å²) in [5.41, 5.74) is 3.49. The Morgan fingerprint density at radius 3 is 2.34 bits per heavy atom. The van der Waals surface area contributed by atoms with Crippen LogP contribution in [-0.4, -0.2) is 46.7 Å². The van der Waals surface area contributed by atoms with Crippen molar-refractivity contribution in [1.82, 2.24) is 40.3 Å². The highest BCUT2D eigenvalue weighted by Crippen LogP contribution is 2.27. The Morgan fingerprint density at radius 2 is 1.70 bits per heavy atom. The van der Waals surface area contributed by atoms with Gasteiger partial charge in [-0.05, 0) is 70.1 Å². The molecular weight excluding hydrogens is 656 g/mol. The number of benzene rings is 2. The second kappa shape index (κ2) is 13.2. The minimum Gasteiger partial charge on any atom is -0.348 e. The van der Waals surface area contributed by atoms with Gasteiger partial charge in [0.25, 0.3) is 11.7 Å². The molecule has 47 heavy (non-hydrogen) atoms. The number of amides is 1. The van der Waals surface area contributed by atoms with Crippen molar-refractivity contribution in [1.29, 1.82) is 0 Å². The number of rotatable bonds is 9. The van der Waals surface area contributed by atoms with Crippen LogP contribution in [0.25, 0.3) is 5.82 Å². The highest BCUT2D eigenvalue weighted by Gasteiger charge is 2.37. The number of tetrazole rings is 1. The van der Waals surface area contributed by atoms with Crippen LogP contribution in [0.1, 0.15) is 75.4 Å². The van der Waals surface area contributed by atoms with Crippen molar-refractivity contribution in [3.8, 4) is 5.82 Å². The van der Waals surface area contributed by atoms with Crippen LogP contribution in [0.5, 0.6) is 0 Å². The van der Waals surface area contributed by atoms with Crippen LogP contribution in [0, 0.1) is 6.92 Å². The van der Waals surface area contributed by atoms with Crippen LogP contribution in [-0.2, 0) is 31.1 Å². The van der Waals surface area contributed by atoms with Crippen molar-refractivity contribution in [3.63, 3.8) is 0 Å². The van der Waals surface area contributed by atoms with Crippen molar-refractivity contribution < 1.29 is 22.8 Å². The van der Waals surface area contributed by atoms with E-state index in [0.29, 0.717) is 20.9 Å². The highest BCUT2D eigenvalue weighted by atomic mass is 35.5. The molecule has 0 radical (unpaired) electrons. The predicted octanol–water partition coefficient (Wildman–Crippen LogP) is 6.59. The SMILES string of the molecule is Cc1cc(Cl)cc(C(=O)NCc2ccc(C(C)(C)C)cc2)c1CC(=O)c1cc(Cn2nnc(C(F)(F)F)n2)nn1-c1ncccc1Cl. The molecule has 0 aliphatic rings. The summed E-state index contributed by atoms with van der Waals surface area (Å²) in [5.74, 6) is -2.18. The molecule has 0 atom stereocenters. The quantitative estimate of drug-likeness (QED) is 0.174. The van der Waals surface area contributed by atoms with Crippen LogP contribution >= 0.6 is 23.2 Å². The van der Waals surface area contributed by atoms with Crippen molar-refractivity contribution in [2.45, 2.75) is 58.8 Å². The minimum absolute atomic E-state index is 0.0104. The van der Waals surface area contributed by atoms with Gasteiger partial charge in [0.1, 0.15) is 12.2 Å². The van der Waals surface area contributed by atoms with E-state index >= 15 is 0 Å². The lowest BCUT2D eigenvalue weighted by Crippen LogP contribution is -2.25. The van der Waals surface area contributed by atoms with E-state index in [1.54, 1.807) is 25.1 Å². The molecule has 1 N–H and O–H groups in total. The zero-order chi connectivity index (χ0) is 34.1. The minimum atomic E-state index is -4.78. The molecule has 3 aromatic heterocycles. The monoisotopic (exact) mass is 684 g/mol. The molecule has 244 valence electrons. The number of aryl methyl sites for hydroxylation is 1. The zero-order valence-electron chi connectivity index (χ0n) is 25.7. The van der Waals surface area contributed by atoms with Gasteiger partial charge in [-0.25, -0.2) is 9.67 Å². The molecule has 3 heterocycles. The number of carbonyl (C=O) groups excluding carboxylic acids is 2. The average molecular weight is 686 g/mol. The van der Waals surface area contributed by atoms with E-state index in [9.17, 15) is 22.8 Å². The Labute approximate surface area is 277 Å². The first-order valence-electron chi connectivity index (χ1n) is 14.3. The summed E-state index contributed by atoms with van der Waals surface area (Å²) in [5, 5.41) is 17.6. The van der Waals surface area contributed by atoms with Crippen molar-refractivity contribution in [3.05, 3.63) is 116 Å². The molecular formula is C32H29Cl2F3N8O2. The summed E-state index contributed by atoms with van der Waals surface area (Å²) in [6.45, 7) is 8.02. The highest BCUT2D eigenvalue weighted by molar-refractivity contribution is 6.32. The van der Waals surface area contributed by atoms with Crippen molar-refractivity contribution in [2.24, 2.45) is 0 Å². The van der Waals surface area contributed by atoms with Crippen LogP contribution in [0.4, 0.5) is 13.2 Å². The normalized spacial score (nSPS) is 11.9. The zero-order valence-corrected chi connectivity index (χ0v) is 27.2. The van der Waals surface area contributed by atoms with Crippen molar-refractivity contribution in [2.75, 3.05) is 0 Å². The lowest BCUT2D eigenvalue weighted by Gasteiger charge is -2.19. The number of nitrogens with zero attached hydrogens (tertiary/aromatic N) is 7. The first-order valence-corrected chi connectivity index (χ1v) is 15.1. The Balaban J connectivity index is 1.43. The number of hydrogen-bond acceptors (Lipinski definition) is 7. The average Bonchev–Trinajstić information content (AvgIpc) is 3.65. The third-order valence-electron chi connectivity index (χ3n) is 7.29. The number of hydrogen-bond donors (Lipinski definition) is 1. The largest absolute Gasteiger partial charge is 0.455 e. The molecule has 0 bridgehead atoms. The summed E-state index contributed by atoms with van der Waals surface area (Å²) < 4.78 is 40.3. The van der Waals surface area contributed by atoms with Gasteiger partial charge in [-0.2, -0.15) is 23.1 Å². The molecule has 0 aliphatic heterocycles. The van der Waals surface area contributed by atoms with Crippen LogP contribution in [0.3, 0.4) is 0 Å². The van der Waals surface area contributed by atoms with Gasteiger partial charge in [0, 0.05) is 29.7 Å². The second-order valence-electron chi connectivity index (χ2n) is 11.9. The van der Waals surface area contributed by atoms with E-state index in [-0.39, 0.29) is 52.7 Å². The summed E-state index contributed by atoms with van der Waals surface area (Å²) in [4.78, 5) is 32.4. The van der Waals surface area contributed by atoms with Gasteiger partial charge in [-0.1, -0.05) is 68.2 Å². The van der Waals surface area contributed by atoms with E-state index in [1.807, 2.05) is 24.3 Å². The maximum atomic E-state index is 13.9. The molecule has 0 aliphatic carbocycles. The van der Waals surface area contributed by atoms with E-state index in [0.717, 1.165) is 11.1 Å². The first-order chi connectivity index (χ1) is 22.1. The lowest BCUT2D eigenvalue weighted by atomic mass is 9.87. The van der Waals surface area contributed by atoms with E-state index in [4.69, 9.17) is 23.2 Å². The predicted molar refractivity (Wildman–Crippen MR) is 169 cm³/mol. The van der Waals surface area contributed by atoms with Gasteiger partial charge >= 0.3 is 6.18 Å². The Kier molecular flexibility index (Phi) is 9.51. The standard InChI is InChI=1S/C32H29Cl2F3N8O2/c1-18-12-21(33)13-24(29(47)39-16-19-7-9-20(10-8-19)31(2,3)4)23(18)15-27(46)26-14-22(17-44-42-30(40-43-44)32(35,36)37)41-45(26)28-25(34)6-5-11-38-28/h5-14H,15-17H2,1-4H3,(H,39,47). The van der Waals surface area contributed by atoms with Gasteiger partial charge < -0.3 is 5.32 Å². The molecule has 1 amide bonds. The van der Waals surface area contributed by atoms with Gasteiger partial charge in [0.15, 0.2) is 11.6 Å². The number of Topliss-reactive ketones (excluding diaryl/α,β-unsaturated/α-hetero) is 1. The number of ketones is 1. The first kappa shape index (κ1) is 33.7. The Bertz CT molecular complexity index is 1950. The number of nitrogens with one attached hydrogen (secondary N) is 1. The van der Waals surface area contributed by atoms with Gasteiger partial charge in [0.05, 0.1) is 10.7 Å². The molecule has 10 nitrogen and oxygen atoms in total. The van der Waals surface area contributed by atoms with Crippen molar-refractivity contribution >= 4 is 34.9 Å². The molecule has 2 aromatic carbocycles. The molecule has 0 spiro atoms. The molecule has 5 aromatic rings. The topological polar surface area (TPSA) is 120 Å². The third-order valence-corrected chi connectivity index (χ3v) is 7.80. The Morgan fingerprint density at radius 1 is 0.979 bits per heavy atom. The number of carbonyl (C=O) groups is 2. The lowest BCUT2D eigenvalue weighted by molar-refractivity contribution is -0.145. The van der Waals surface area contributed by atoms with Gasteiger partial charge in [-0.15, -0.1) is 10.2 Å². The fourth-order valence-corrected chi connectivity index (χ4v) is 5.31. The summed E-state index contributed by atoms with van der Waals surface area (Å²) in [6.07, 6.45) is -3.56. The van der Waals surface area contributed by atoms with Gasteiger partial charge in [0.2, 0.25) is 0 Å². The number of halogens is 5. The second-order valence-corrected chi connectivity index (χ2v) is 12.7. The molecule has 0 unspecified atom stereocenters. The summed E-state index contributed by atoms with van der Waals surface area (Å²) >= 11 is 12.7. The van der Waals surface area contributed by atoms with E-state index < -0.39 is 23.7 Å². The van der Waals surface area contributed by atoms with E-state index in [2.05, 4.69) is 51.6 Å². The summed E-state index contributed by atoms with van der Waals surface area (Å²) in [6, 6.07) is 15.6. The maximum Gasteiger partial charge on any atom is 0.455 e. The number of aromatic nitrogens is 7. The van der Waals surface area contributed by atoms with E-state index in [1.165, 1.54) is 23.0 Å². The molecule has 0 fully saturated rings. The summed E-state index contributed by atoms with van der Waals surface area (Å²) in [7, 11) is 0. The fourth-order valence-electron chi connectivity index (χ4n) is 4.83. The fraction of sp³-hybridized carbons (Fsp3) is 0.281. The van der Waals surface area contributed by atoms with Crippen LogP contribution in [0.15, 0.2) is 60.8 Å². The maximum absolute atomic E-state index is 13.9. The molecule has 0 saturated carbocycles. The van der Waals surface area contributed by atoms with Crippen LogP contribution in [0.2, 0.25) is 10.0 Å². The van der Waals surface area contributed by atoms with Gasteiger partial charge in [-0.3, -0.25) is 9.59 Å². The molecule has 5 rings (SSSR count).